The molecule has 0 spiro atoms. The lowest BCUT2D eigenvalue weighted by molar-refractivity contribution is -0.145. The molecule has 1 atom stereocenters. The molecule has 0 amide bonds. The van der Waals surface area contributed by atoms with Gasteiger partial charge in [-0.2, -0.15) is 0 Å². The van der Waals surface area contributed by atoms with Crippen LogP contribution in [0.15, 0.2) is 0 Å². The lowest BCUT2D eigenvalue weighted by Gasteiger charge is -2.24. The zero-order valence-electron chi connectivity index (χ0n) is 16.6. The first-order chi connectivity index (χ1) is 11.4. The van der Waals surface area contributed by atoms with Gasteiger partial charge in [0.05, 0.1) is 7.11 Å². The molecule has 24 heavy (non-hydrogen) atoms. The summed E-state index contributed by atoms with van der Waals surface area (Å²) >= 11 is 0. The van der Waals surface area contributed by atoms with Crippen LogP contribution < -0.4 is 5.32 Å². The van der Waals surface area contributed by atoms with Crippen molar-refractivity contribution in [2.45, 2.75) is 84.7 Å². The number of carbonyl (C=O) groups excluding carboxylic acids is 1. The molecule has 0 aromatic rings. The minimum atomic E-state index is -0.0628. The SMILES string of the molecule is COC(=O)C1CCCN1CCCNC(CCC(C)C)CCC(C)C. The van der Waals surface area contributed by atoms with E-state index in [4.69, 9.17) is 4.74 Å². The Morgan fingerprint density at radius 2 is 1.75 bits per heavy atom. The predicted molar refractivity (Wildman–Crippen MR) is 101 cm³/mol. The van der Waals surface area contributed by atoms with Crippen LogP contribution in [0.4, 0.5) is 0 Å². The van der Waals surface area contributed by atoms with E-state index in [1.807, 2.05) is 0 Å². The second-order valence-corrected chi connectivity index (χ2v) is 8.16. The van der Waals surface area contributed by atoms with Gasteiger partial charge in [-0.1, -0.05) is 27.7 Å². The van der Waals surface area contributed by atoms with Crippen LogP contribution in [0.3, 0.4) is 0 Å². The number of carbonyl (C=O) groups is 1. The molecule has 4 heteroatoms. The Bertz CT molecular complexity index is 333. The third kappa shape index (κ3) is 8.48. The second-order valence-electron chi connectivity index (χ2n) is 8.16. The largest absolute Gasteiger partial charge is 0.468 e. The van der Waals surface area contributed by atoms with E-state index in [0.29, 0.717) is 6.04 Å². The minimum absolute atomic E-state index is 0.00678. The molecule has 1 fully saturated rings. The second kappa shape index (κ2) is 11.9. The summed E-state index contributed by atoms with van der Waals surface area (Å²) in [4.78, 5) is 14.1. The molecule has 4 nitrogen and oxygen atoms in total. The lowest BCUT2D eigenvalue weighted by atomic mass is 9.97. The molecule has 1 aliphatic heterocycles. The van der Waals surface area contributed by atoms with Crippen LogP contribution >= 0.6 is 0 Å². The van der Waals surface area contributed by atoms with Crippen LogP contribution in [0.5, 0.6) is 0 Å². The van der Waals surface area contributed by atoms with Gasteiger partial charge in [-0.25, -0.2) is 0 Å². The molecule has 0 bridgehead atoms. The molecular formula is C20H40N2O2. The van der Waals surface area contributed by atoms with Crippen LogP contribution in [-0.2, 0) is 9.53 Å². The summed E-state index contributed by atoms with van der Waals surface area (Å²) in [5.74, 6) is 1.49. The number of likely N-dealkylation sites (tertiary alicyclic amines) is 1. The van der Waals surface area contributed by atoms with E-state index in [2.05, 4.69) is 37.9 Å². The number of methoxy groups -OCH3 is 1. The van der Waals surface area contributed by atoms with Gasteiger partial charge in [0.15, 0.2) is 0 Å². The van der Waals surface area contributed by atoms with Gasteiger partial charge < -0.3 is 10.1 Å². The molecule has 0 aliphatic carbocycles. The molecule has 1 N–H and O–H groups in total. The Labute approximate surface area is 149 Å². The van der Waals surface area contributed by atoms with Crippen LogP contribution in [0, 0.1) is 11.8 Å². The molecule has 0 aromatic carbocycles. The van der Waals surface area contributed by atoms with Crippen LogP contribution in [0.25, 0.3) is 0 Å². The molecule has 142 valence electrons. The van der Waals surface area contributed by atoms with Gasteiger partial charge >= 0.3 is 5.97 Å². The van der Waals surface area contributed by atoms with E-state index in [-0.39, 0.29) is 12.0 Å². The highest BCUT2D eigenvalue weighted by atomic mass is 16.5. The van der Waals surface area contributed by atoms with Gasteiger partial charge in [0, 0.05) is 12.6 Å². The lowest BCUT2D eigenvalue weighted by Crippen LogP contribution is -2.39. The third-order valence-corrected chi connectivity index (χ3v) is 5.08. The molecule has 0 radical (unpaired) electrons. The summed E-state index contributed by atoms with van der Waals surface area (Å²) < 4.78 is 4.92. The maximum absolute atomic E-state index is 11.8. The highest BCUT2D eigenvalue weighted by Gasteiger charge is 2.30. The Morgan fingerprint density at radius 3 is 2.29 bits per heavy atom. The number of ether oxygens (including phenoxy) is 1. The minimum Gasteiger partial charge on any atom is -0.468 e. The number of hydrogen-bond donors (Lipinski definition) is 1. The molecule has 1 aliphatic rings. The maximum Gasteiger partial charge on any atom is 0.323 e. The molecule has 1 heterocycles. The van der Waals surface area contributed by atoms with Gasteiger partial charge in [0.1, 0.15) is 6.04 Å². The number of nitrogens with one attached hydrogen (secondary N) is 1. The van der Waals surface area contributed by atoms with Gasteiger partial charge in [-0.15, -0.1) is 0 Å². The summed E-state index contributed by atoms with van der Waals surface area (Å²) in [5.41, 5.74) is 0. The zero-order valence-corrected chi connectivity index (χ0v) is 16.6. The summed E-state index contributed by atoms with van der Waals surface area (Å²) in [6.45, 7) is 12.3. The van der Waals surface area contributed by atoms with Crippen molar-refractivity contribution in [1.82, 2.24) is 10.2 Å². The van der Waals surface area contributed by atoms with Crippen LogP contribution in [0.1, 0.15) is 72.6 Å². The summed E-state index contributed by atoms with van der Waals surface area (Å²) in [5, 5.41) is 3.77. The van der Waals surface area contributed by atoms with Gasteiger partial charge in [0.25, 0.3) is 0 Å². The fraction of sp³-hybridized carbons (Fsp3) is 0.950. The Hall–Kier alpha value is -0.610. The molecule has 1 unspecified atom stereocenters. The first-order valence-electron chi connectivity index (χ1n) is 9.99. The first-order valence-corrected chi connectivity index (χ1v) is 9.99. The van der Waals surface area contributed by atoms with Crippen molar-refractivity contribution in [1.29, 1.82) is 0 Å². The van der Waals surface area contributed by atoms with Gasteiger partial charge in [-0.3, -0.25) is 9.69 Å². The number of esters is 1. The smallest absolute Gasteiger partial charge is 0.323 e. The fourth-order valence-electron chi connectivity index (χ4n) is 3.50. The Kier molecular flexibility index (Phi) is 10.6. The molecule has 0 saturated carbocycles. The van der Waals surface area contributed by atoms with E-state index >= 15 is 0 Å². The summed E-state index contributed by atoms with van der Waals surface area (Å²) in [6.07, 6.45) is 8.31. The zero-order chi connectivity index (χ0) is 17.9. The third-order valence-electron chi connectivity index (χ3n) is 5.08. The average Bonchev–Trinajstić information content (AvgIpc) is 3.00. The molecule has 0 aromatic heterocycles. The predicted octanol–water partition coefficient (Wildman–Crippen LogP) is 3.84. The van der Waals surface area contributed by atoms with Crippen molar-refractivity contribution in [3.63, 3.8) is 0 Å². The van der Waals surface area contributed by atoms with E-state index in [1.165, 1.54) is 32.8 Å². The van der Waals surface area contributed by atoms with Crippen LogP contribution in [0.2, 0.25) is 0 Å². The van der Waals surface area contributed by atoms with Crippen molar-refractivity contribution in [3.05, 3.63) is 0 Å². The summed E-state index contributed by atoms with van der Waals surface area (Å²) in [6, 6.07) is 0.637. The first kappa shape index (κ1) is 21.4. The van der Waals surface area contributed by atoms with Gasteiger partial charge in [-0.05, 0) is 69.9 Å². The maximum atomic E-state index is 11.8. The van der Waals surface area contributed by atoms with E-state index in [0.717, 1.165) is 50.7 Å². The molecule has 1 rings (SSSR count). The van der Waals surface area contributed by atoms with Crippen molar-refractivity contribution >= 4 is 5.97 Å². The Morgan fingerprint density at radius 1 is 1.12 bits per heavy atom. The molecular weight excluding hydrogens is 300 g/mol. The van der Waals surface area contributed by atoms with Gasteiger partial charge in [0.2, 0.25) is 0 Å². The highest BCUT2D eigenvalue weighted by Crippen LogP contribution is 2.18. The van der Waals surface area contributed by atoms with E-state index in [9.17, 15) is 4.79 Å². The van der Waals surface area contributed by atoms with Crippen molar-refractivity contribution in [2.24, 2.45) is 11.8 Å². The normalized spacial score (nSPS) is 18.9. The highest BCUT2D eigenvalue weighted by molar-refractivity contribution is 5.75. The topological polar surface area (TPSA) is 41.6 Å². The quantitative estimate of drug-likeness (QED) is 0.433. The summed E-state index contributed by atoms with van der Waals surface area (Å²) in [7, 11) is 1.49. The van der Waals surface area contributed by atoms with Crippen LogP contribution in [-0.4, -0.2) is 49.7 Å². The molecule has 1 saturated heterocycles. The number of rotatable bonds is 12. The van der Waals surface area contributed by atoms with E-state index < -0.39 is 0 Å². The number of nitrogens with zero attached hydrogens (tertiary/aromatic N) is 1. The standard InChI is InChI=1S/C20H40N2O2/c1-16(2)9-11-18(12-10-17(3)4)21-13-7-15-22-14-6-8-19(22)20(23)24-5/h16-19,21H,6-15H2,1-5H3. The van der Waals surface area contributed by atoms with Crippen molar-refractivity contribution in [2.75, 3.05) is 26.7 Å². The number of hydrogen-bond acceptors (Lipinski definition) is 4. The fourth-order valence-corrected chi connectivity index (χ4v) is 3.50. The van der Waals surface area contributed by atoms with Crippen molar-refractivity contribution in [3.8, 4) is 0 Å². The monoisotopic (exact) mass is 340 g/mol. The van der Waals surface area contributed by atoms with Crippen molar-refractivity contribution < 1.29 is 9.53 Å². The Balaban J connectivity index is 2.28. The average molecular weight is 341 g/mol. The van der Waals surface area contributed by atoms with E-state index in [1.54, 1.807) is 0 Å².